The van der Waals surface area contributed by atoms with Gasteiger partial charge in [0.2, 0.25) is 5.91 Å². The van der Waals surface area contributed by atoms with E-state index < -0.39 is 0 Å². The summed E-state index contributed by atoms with van der Waals surface area (Å²) in [5.41, 5.74) is 2.07. The van der Waals surface area contributed by atoms with Crippen LogP contribution in [0.15, 0.2) is 18.2 Å². The van der Waals surface area contributed by atoms with Crippen LogP contribution in [-0.2, 0) is 17.8 Å². The summed E-state index contributed by atoms with van der Waals surface area (Å²) >= 11 is 0. The molecule has 2 rings (SSSR count). The number of nitrogens with one attached hydrogen (secondary N) is 1. The summed E-state index contributed by atoms with van der Waals surface area (Å²) in [6, 6.07) is 4.78. The van der Waals surface area contributed by atoms with Gasteiger partial charge < -0.3 is 10.2 Å². The van der Waals surface area contributed by atoms with Crippen LogP contribution in [0, 0.1) is 5.82 Å². The Morgan fingerprint density at radius 3 is 2.94 bits per heavy atom. The molecule has 5 heteroatoms. The number of halogens is 2. The third kappa shape index (κ3) is 3.17. The molecule has 0 fully saturated rings. The highest BCUT2D eigenvalue weighted by Gasteiger charge is 2.20. The maximum Gasteiger partial charge on any atom is 0.236 e. The van der Waals surface area contributed by atoms with Crippen LogP contribution in [0.4, 0.5) is 4.39 Å². The molecule has 17 heavy (non-hydrogen) atoms. The summed E-state index contributed by atoms with van der Waals surface area (Å²) in [6.07, 6.45) is 0.739. The second-order valence-corrected chi connectivity index (χ2v) is 4.01. The Balaban J connectivity index is 0.00000144. The highest BCUT2D eigenvalue weighted by molar-refractivity contribution is 5.85. The van der Waals surface area contributed by atoms with Crippen molar-refractivity contribution in [3.05, 3.63) is 35.1 Å². The second-order valence-electron chi connectivity index (χ2n) is 4.01. The molecule has 94 valence electrons. The predicted molar refractivity (Wildman–Crippen MR) is 66.7 cm³/mol. The highest BCUT2D eigenvalue weighted by Crippen LogP contribution is 2.19. The molecule has 1 heterocycles. The second kappa shape index (κ2) is 5.98. The van der Waals surface area contributed by atoms with Crippen LogP contribution in [0.2, 0.25) is 0 Å². The minimum absolute atomic E-state index is 0. The lowest BCUT2D eigenvalue weighted by Gasteiger charge is -2.28. The van der Waals surface area contributed by atoms with E-state index in [4.69, 9.17) is 0 Å². The van der Waals surface area contributed by atoms with Gasteiger partial charge in [0.05, 0.1) is 6.54 Å². The normalized spacial score (nSPS) is 13.9. The molecule has 1 aliphatic heterocycles. The molecule has 0 saturated heterocycles. The van der Waals surface area contributed by atoms with E-state index in [2.05, 4.69) is 5.32 Å². The summed E-state index contributed by atoms with van der Waals surface area (Å²) in [7, 11) is 1.76. The summed E-state index contributed by atoms with van der Waals surface area (Å²) in [6.45, 7) is 1.63. The molecular weight excluding hydrogens is 243 g/mol. The standard InChI is InChI=1S/C12H15FN2O.ClH/c1-14-7-12(16)15-5-4-9-6-11(13)3-2-10(9)8-15;/h2-3,6,14H,4-5,7-8H2,1H3;1H. The highest BCUT2D eigenvalue weighted by atomic mass is 35.5. The molecule has 1 aromatic carbocycles. The summed E-state index contributed by atoms with van der Waals surface area (Å²) in [5, 5.41) is 2.85. The van der Waals surface area contributed by atoms with Gasteiger partial charge in [-0.15, -0.1) is 12.4 Å². The Morgan fingerprint density at radius 2 is 2.24 bits per heavy atom. The van der Waals surface area contributed by atoms with Crippen LogP contribution in [0.25, 0.3) is 0 Å². The molecule has 1 amide bonds. The van der Waals surface area contributed by atoms with Crippen LogP contribution in [0.3, 0.4) is 0 Å². The number of hydrogen-bond donors (Lipinski definition) is 1. The van der Waals surface area contributed by atoms with Crippen molar-refractivity contribution in [3.8, 4) is 0 Å². The Morgan fingerprint density at radius 1 is 1.47 bits per heavy atom. The van der Waals surface area contributed by atoms with Gasteiger partial charge in [-0.3, -0.25) is 4.79 Å². The van der Waals surface area contributed by atoms with Crippen molar-refractivity contribution < 1.29 is 9.18 Å². The molecule has 0 unspecified atom stereocenters. The minimum Gasteiger partial charge on any atom is -0.337 e. The van der Waals surface area contributed by atoms with Crippen LogP contribution in [0.5, 0.6) is 0 Å². The van der Waals surface area contributed by atoms with Crippen LogP contribution >= 0.6 is 12.4 Å². The smallest absolute Gasteiger partial charge is 0.236 e. The fourth-order valence-electron chi connectivity index (χ4n) is 2.00. The van der Waals surface area contributed by atoms with Crippen molar-refractivity contribution >= 4 is 18.3 Å². The van der Waals surface area contributed by atoms with Gasteiger partial charge in [-0.25, -0.2) is 4.39 Å². The molecule has 0 saturated carbocycles. The quantitative estimate of drug-likeness (QED) is 0.869. The fraction of sp³-hybridized carbons (Fsp3) is 0.417. The van der Waals surface area contributed by atoms with Crippen molar-refractivity contribution in [3.63, 3.8) is 0 Å². The Hall–Kier alpha value is -1.13. The third-order valence-corrected chi connectivity index (χ3v) is 2.86. The number of benzene rings is 1. The first-order chi connectivity index (χ1) is 7.70. The number of likely N-dealkylation sites (N-methyl/N-ethyl adjacent to an activating group) is 1. The zero-order valence-corrected chi connectivity index (χ0v) is 10.5. The van der Waals surface area contributed by atoms with Crippen molar-refractivity contribution in [2.45, 2.75) is 13.0 Å². The van der Waals surface area contributed by atoms with Gasteiger partial charge in [0, 0.05) is 13.1 Å². The third-order valence-electron chi connectivity index (χ3n) is 2.86. The van der Waals surface area contributed by atoms with Gasteiger partial charge in [0.1, 0.15) is 5.82 Å². The topological polar surface area (TPSA) is 32.3 Å². The van der Waals surface area contributed by atoms with Crippen molar-refractivity contribution in [1.29, 1.82) is 0 Å². The molecule has 1 N–H and O–H groups in total. The molecule has 0 radical (unpaired) electrons. The first-order valence-electron chi connectivity index (χ1n) is 5.40. The number of hydrogen-bond acceptors (Lipinski definition) is 2. The molecule has 1 aliphatic rings. The van der Waals surface area contributed by atoms with Gasteiger partial charge in [-0.05, 0) is 36.7 Å². The minimum atomic E-state index is -0.200. The summed E-state index contributed by atoms with van der Waals surface area (Å²) in [5.74, 6) is -0.105. The molecule has 1 aromatic rings. The van der Waals surface area contributed by atoms with Gasteiger partial charge in [0.25, 0.3) is 0 Å². The van der Waals surface area contributed by atoms with E-state index in [0.717, 1.165) is 17.5 Å². The monoisotopic (exact) mass is 258 g/mol. The lowest BCUT2D eigenvalue weighted by Crippen LogP contribution is -2.40. The SMILES string of the molecule is CNCC(=O)N1CCc2cc(F)ccc2C1.Cl. The van der Waals surface area contributed by atoms with E-state index in [0.29, 0.717) is 19.6 Å². The van der Waals surface area contributed by atoms with Gasteiger partial charge in [-0.2, -0.15) is 0 Å². The molecular formula is C12H16ClFN2O. The summed E-state index contributed by atoms with van der Waals surface area (Å²) < 4.78 is 13.0. The lowest BCUT2D eigenvalue weighted by atomic mass is 9.99. The van der Waals surface area contributed by atoms with Crippen molar-refractivity contribution in [2.24, 2.45) is 0 Å². The average Bonchev–Trinajstić information content (AvgIpc) is 2.28. The van der Waals surface area contributed by atoms with E-state index in [1.165, 1.54) is 6.07 Å². The number of amides is 1. The average molecular weight is 259 g/mol. The van der Waals surface area contributed by atoms with E-state index in [-0.39, 0.29) is 24.1 Å². The Bertz CT molecular complexity index is 411. The maximum absolute atomic E-state index is 13.0. The van der Waals surface area contributed by atoms with E-state index in [9.17, 15) is 9.18 Å². The predicted octanol–water partition coefficient (Wildman–Crippen LogP) is 1.35. The lowest BCUT2D eigenvalue weighted by molar-refractivity contribution is -0.131. The number of carbonyl (C=O) groups is 1. The number of rotatable bonds is 2. The van der Waals surface area contributed by atoms with Gasteiger partial charge in [-0.1, -0.05) is 6.07 Å². The Kier molecular flexibility index (Phi) is 4.90. The van der Waals surface area contributed by atoms with Crippen LogP contribution < -0.4 is 5.32 Å². The van der Waals surface area contributed by atoms with E-state index in [1.807, 2.05) is 0 Å². The molecule has 0 aliphatic carbocycles. The van der Waals surface area contributed by atoms with Crippen LogP contribution in [0.1, 0.15) is 11.1 Å². The molecule has 0 bridgehead atoms. The number of fused-ring (bicyclic) bond motifs is 1. The zero-order chi connectivity index (χ0) is 11.5. The van der Waals surface area contributed by atoms with E-state index >= 15 is 0 Å². The largest absolute Gasteiger partial charge is 0.337 e. The maximum atomic E-state index is 13.0. The van der Waals surface area contributed by atoms with Crippen molar-refractivity contribution in [1.82, 2.24) is 10.2 Å². The number of carbonyl (C=O) groups excluding carboxylic acids is 1. The van der Waals surface area contributed by atoms with Gasteiger partial charge >= 0.3 is 0 Å². The molecule has 0 atom stereocenters. The first-order valence-corrected chi connectivity index (χ1v) is 5.40. The van der Waals surface area contributed by atoms with Crippen molar-refractivity contribution in [2.75, 3.05) is 20.1 Å². The van der Waals surface area contributed by atoms with E-state index in [1.54, 1.807) is 24.1 Å². The first kappa shape index (κ1) is 13.9. The Labute approximate surface area is 106 Å². The van der Waals surface area contributed by atoms with Crippen LogP contribution in [-0.4, -0.2) is 30.9 Å². The molecule has 0 spiro atoms. The zero-order valence-electron chi connectivity index (χ0n) is 9.70. The molecule has 3 nitrogen and oxygen atoms in total. The molecule has 0 aromatic heterocycles. The summed E-state index contributed by atoms with van der Waals surface area (Å²) in [4.78, 5) is 13.5. The van der Waals surface area contributed by atoms with Gasteiger partial charge in [0.15, 0.2) is 0 Å². The number of nitrogens with zero attached hydrogens (tertiary/aromatic N) is 1. The fourth-order valence-corrected chi connectivity index (χ4v) is 2.00.